The van der Waals surface area contributed by atoms with Crippen molar-refractivity contribution in [2.24, 2.45) is 0 Å². The molecule has 2 heteroatoms. The molecule has 0 amide bonds. The topological polar surface area (TPSA) is 0 Å². The van der Waals surface area contributed by atoms with Crippen molar-refractivity contribution in [3.05, 3.63) is 59.4 Å². The molecule has 0 saturated heterocycles. The maximum absolute atomic E-state index is 12.8. The summed E-state index contributed by atoms with van der Waals surface area (Å²) in [6.07, 6.45) is 0. The van der Waals surface area contributed by atoms with Gasteiger partial charge < -0.3 is 0 Å². The fraction of sp³-hybridized carbons (Fsp3) is 0. The van der Waals surface area contributed by atoms with Crippen LogP contribution in [0.15, 0.2) is 42.5 Å². The fourth-order valence-corrected chi connectivity index (χ4v) is 1.56. The molecule has 69 valence electrons. The number of halogens is 2. The number of benzene rings is 2. The molecule has 0 nitrogen and oxygen atoms in total. The van der Waals surface area contributed by atoms with E-state index in [1.165, 1.54) is 12.1 Å². The number of hydrogen-bond acceptors (Lipinski definition) is 0. The van der Waals surface area contributed by atoms with Gasteiger partial charge >= 0.3 is 0 Å². The summed E-state index contributed by atoms with van der Waals surface area (Å²) in [5, 5.41) is 0.421. The van der Waals surface area contributed by atoms with Crippen LogP contribution in [0.5, 0.6) is 0 Å². The lowest BCUT2D eigenvalue weighted by Crippen LogP contribution is -1.80. The van der Waals surface area contributed by atoms with Crippen molar-refractivity contribution >= 4 is 11.6 Å². The minimum Gasteiger partial charge on any atom is -0.207 e. The minimum absolute atomic E-state index is 0.321. The Hall–Kier alpha value is -1.34. The van der Waals surface area contributed by atoms with Crippen LogP contribution in [0.4, 0.5) is 4.39 Å². The van der Waals surface area contributed by atoms with E-state index in [4.69, 9.17) is 11.6 Å². The standard InChI is InChI=1S/C12H7ClF/c13-12-8-10(14)6-7-11(12)9-4-2-1-3-5-9/h1-2,4-8H. The van der Waals surface area contributed by atoms with Gasteiger partial charge in [0.25, 0.3) is 0 Å². The van der Waals surface area contributed by atoms with E-state index in [0.29, 0.717) is 5.02 Å². The highest BCUT2D eigenvalue weighted by atomic mass is 35.5. The molecule has 14 heavy (non-hydrogen) atoms. The van der Waals surface area contributed by atoms with E-state index in [0.717, 1.165) is 11.1 Å². The van der Waals surface area contributed by atoms with Crippen LogP contribution >= 0.6 is 11.6 Å². The van der Waals surface area contributed by atoms with Crippen molar-refractivity contribution < 1.29 is 4.39 Å². The molecule has 0 heterocycles. The van der Waals surface area contributed by atoms with Gasteiger partial charge in [0, 0.05) is 5.56 Å². The fourth-order valence-electron chi connectivity index (χ4n) is 1.28. The molecule has 0 spiro atoms. The van der Waals surface area contributed by atoms with E-state index in [9.17, 15) is 4.39 Å². The molecule has 0 fully saturated rings. The first-order valence-electron chi connectivity index (χ1n) is 4.19. The third kappa shape index (κ3) is 1.78. The van der Waals surface area contributed by atoms with Gasteiger partial charge in [0.05, 0.1) is 5.02 Å². The monoisotopic (exact) mass is 205 g/mol. The molecule has 0 saturated carbocycles. The molecule has 2 aromatic carbocycles. The maximum atomic E-state index is 12.8. The molecule has 0 atom stereocenters. The van der Waals surface area contributed by atoms with Crippen molar-refractivity contribution in [2.75, 3.05) is 0 Å². The Labute approximate surface area is 87.0 Å². The Morgan fingerprint density at radius 2 is 2.07 bits per heavy atom. The summed E-state index contributed by atoms with van der Waals surface area (Å²) in [6.45, 7) is 0. The smallest absolute Gasteiger partial charge is 0.124 e. The molecular weight excluding hydrogens is 199 g/mol. The van der Waals surface area contributed by atoms with Crippen LogP contribution in [-0.4, -0.2) is 0 Å². The van der Waals surface area contributed by atoms with Gasteiger partial charge in [-0.15, -0.1) is 0 Å². The average Bonchev–Trinajstić information content (AvgIpc) is 2.19. The summed E-state index contributed by atoms with van der Waals surface area (Å²) in [6, 6.07) is 14.7. The van der Waals surface area contributed by atoms with Crippen LogP contribution < -0.4 is 0 Å². The summed E-state index contributed by atoms with van der Waals surface area (Å²) < 4.78 is 12.8. The van der Waals surface area contributed by atoms with Gasteiger partial charge in [-0.3, -0.25) is 0 Å². The van der Waals surface area contributed by atoms with Gasteiger partial charge in [-0.25, -0.2) is 4.39 Å². The molecule has 2 rings (SSSR count). The Bertz CT molecular complexity index is 437. The SMILES string of the molecule is Fc1ccc(-c2c[c]ccc2)c(Cl)c1. The molecule has 0 aliphatic rings. The number of hydrogen-bond donors (Lipinski definition) is 0. The largest absolute Gasteiger partial charge is 0.207 e. The molecule has 0 aliphatic carbocycles. The molecule has 2 aromatic rings. The lowest BCUT2D eigenvalue weighted by atomic mass is 10.1. The Morgan fingerprint density at radius 1 is 1.21 bits per heavy atom. The second kappa shape index (κ2) is 3.81. The van der Waals surface area contributed by atoms with E-state index in [1.54, 1.807) is 12.1 Å². The third-order valence-corrected chi connectivity index (χ3v) is 2.26. The predicted octanol–water partition coefficient (Wildman–Crippen LogP) is 3.95. The molecule has 0 aromatic heterocycles. The summed E-state index contributed by atoms with van der Waals surface area (Å²) in [4.78, 5) is 0. The Morgan fingerprint density at radius 3 is 2.71 bits per heavy atom. The van der Waals surface area contributed by atoms with Gasteiger partial charge in [0.1, 0.15) is 5.82 Å². The number of rotatable bonds is 1. The van der Waals surface area contributed by atoms with Gasteiger partial charge in [-0.2, -0.15) is 0 Å². The second-order valence-electron chi connectivity index (χ2n) is 2.92. The molecule has 0 aliphatic heterocycles. The van der Waals surface area contributed by atoms with E-state index in [1.807, 2.05) is 18.2 Å². The molecule has 0 bridgehead atoms. The van der Waals surface area contributed by atoms with Crippen molar-refractivity contribution in [1.29, 1.82) is 0 Å². The van der Waals surface area contributed by atoms with Crippen molar-refractivity contribution in [1.82, 2.24) is 0 Å². The second-order valence-corrected chi connectivity index (χ2v) is 3.32. The molecular formula is C12H7ClF. The minimum atomic E-state index is -0.321. The summed E-state index contributed by atoms with van der Waals surface area (Å²) in [7, 11) is 0. The highest BCUT2D eigenvalue weighted by Crippen LogP contribution is 2.27. The first kappa shape index (κ1) is 9.22. The van der Waals surface area contributed by atoms with Gasteiger partial charge in [-0.05, 0) is 35.9 Å². The first-order chi connectivity index (χ1) is 6.77. The van der Waals surface area contributed by atoms with Crippen LogP contribution in [0.3, 0.4) is 0 Å². The predicted molar refractivity (Wildman–Crippen MR) is 55.7 cm³/mol. The van der Waals surface area contributed by atoms with Crippen LogP contribution in [0.25, 0.3) is 11.1 Å². The third-order valence-electron chi connectivity index (χ3n) is 1.95. The molecule has 0 unspecified atom stereocenters. The van der Waals surface area contributed by atoms with Gasteiger partial charge in [0.2, 0.25) is 0 Å². The zero-order valence-electron chi connectivity index (χ0n) is 7.30. The maximum Gasteiger partial charge on any atom is 0.124 e. The van der Waals surface area contributed by atoms with Crippen LogP contribution in [0, 0.1) is 11.9 Å². The molecule has 0 N–H and O–H groups in total. The zero-order chi connectivity index (χ0) is 9.97. The van der Waals surface area contributed by atoms with E-state index in [2.05, 4.69) is 6.07 Å². The average molecular weight is 206 g/mol. The van der Waals surface area contributed by atoms with Crippen LogP contribution in [0.2, 0.25) is 5.02 Å². The van der Waals surface area contributed by atoms with E-state index < -0.39 is 0 Å². The normalized spacial score (nSPS) is 10.1. The Balaban J connectivity index is 2.53. The van der Waals surface area contributed by atoms with Gasteiger partial charge in [-0.1, -0.05) is 29.8 Å². The van der Waals surface area contributed by atoms with Gasteiger partial charge in [0.15, 0.2) is 0 Å². The summed E-state index contributed by atoms with van der Waals surface area (Å²) >= 11 is 5.91. The quantitative estimate of drug-likeness (QED) is 0.662. The summed E-state index contributed by atoms with van der Waals surface area (Å²) in [5.74, 6) is -0.321. The highest BCUT2D eigenvalue weighted by molar-refractivity contribution is 6.33. The van der Waals surface area contributed by atoms with Crippen molar-refractivity contribution in [3.8, 4) is 11.1 Å². The highest BCUT2D eigenvalue weighted by Gasteiger charge is 2.03. The van der Waals surface area contributed by atoms with Crippen LogP contribution in [-0.2, 0) is 0 Å². The summed E-state index contributed by atoms with van der Waals surface area (Å²) in [5.41, 5.74) is 1.77. The van der Waals surface area contributed by atoms with Crippen LogP contribution in [0.1, 0.15) is 0 Å². The lowest BCUT2D eigenvalue weighted by molar-refractivity contribution is 0.628. The van der Waals surface area contributed by atoms with E-state index >= 15 is 0 Å². The van der Waals surface area contributed by atoms with Crippen molar-refractivity contribution in [2.45, 2.75) is 0 Å². The Kier molecular flexibility index (Phi) is 2.51. The zero-order valence-corrected chi connectivity index (χ0v) is 8.05. The van der Waals surface area contributed by atoms with Crippen molar-refractivity contribution in [3.63, 3.8) is 0 Å². The first-order valence-corrected chi connectivity index (χ1v) is 4.57. The lowest BCUT2D eigenvalue weighted by Gasteiger charge is -2.03. The van der Waals surface area contributed by atoms with E-state index in [-0.39, 0.29) is 5.82 Å². The molecule has 1 radical (unpaired) electrons.